The molecule has 0 fully saturated rings. The van der Waals surface area contributed by atoms with Crippen LogP contribution in [0.4, 0.5) is 5.69 Å². The summed E-state index contributed by atoms with van der Waals surface area (Å²) in [5, 5.41) is 3.22. The second-order valence-corrected chi connectivity index (χ2v) is 9.86. The van der Waals surface area contributed by atoms with E-state index >= 15 is 0 Å². The molecule has 3 aromatic rings. The predicted octanol–water partition coefficient (Wildman–Crippen LogP) is 4.11. The zero-order valence-electron chi connectivity index (χ0n) is 18.0. The molecular weight excluding hydrogens is 464 g/mol. The molecule has 0 radical (unpaired) electrons. The number of hydrogen-bond donors (Lipinski definition) is 1. The molecule has 0 aromatic heterocycles. The maximum absolute atomic E-state index is 13.1. The van der Waals surface area contributed by atoms with Crippen molar-refractivity contribution in [3.8, 4) is 11.5 Å². The predicted molar refractivity (Wildman–Crippen MR) is 126 cm³/mol. The zero-order chi connectivity index (χ0) is 23.4. The summed E-state index contributed by atoms with van der Waals surface area (Å²) in [5.41, 5.74) is 2.48. The minimum atomic E-state index is -3.65. The average Bonchev–Trinajstić information content (AvgIpc) is 2.83. The lowest BCUT2D eigenvalue weighted by Crippen LogP contribution is -2.36. The van der Waals surface area contributed by atoms with E-state index in [2.05, 4.69) is 5.32 Å². The van der Waals surface area contributed by atoms with Gasteiger partial charge in [0, 0.05) is 18.8 Å². The fourth-order valence-electron chi connectivity index (χ4n) is 3.61. The highest BCUT2D eigenvalue weighted by Gasteiger charge is 2.28. The van der Waals surface area contributed by atoms with E-state index in [1.807, 2.05) is 6.07 Å². The van der Waals surface area contributed by atoms with E-state index in [0.717, 1.165) is 11.1 Å². The van der Waals surface area contributed by atoms with Gasteiger partial charge in [0.05, 0.1) is 17.0 Å². The number of carbonyl (C=O) groups is 1. The molecule has 0 spiro atoms. The van der Waals surface area contributed by atoms with Gasteiger partial charge in [-0.2, -0.15) is 4.31 Å². The summed E-state index contributed by atoms with van der Waals surface area (Å²) in [7, 11) is -2.12. The number of fused-ring (bicyclic) bond motifs is 1. The maximum Gasteiger partial charge on any atom is 0.262 e. The van der Waals surface area contributed by atoms with Crippen LogP contribution in [0.5, 0.6) is 11.5 Å². The molecule has 0 saturated heterocycles. The van der Waals surface area contributed by atoms with Gasteiger partial charge in [-0.3, -0.25) is 4.79 Å². The van der Waals surface area contributed by atoms with Crippen LogP contribution in [-0.4, -0.2) is 38.9 Å². The van der Waals surface area contributed by atoms with Crippen LogP contribution >= 0.6 is 11.6 Å². The van der Waals surface area contributed by atoms with Gasteiger partial charge in [0.25, 0.3) is 5.91 Å². The number of ether oxygens (including phenoxy) is 2. The molecule has 1 aliphatic rings. The van der Waals surface area contributed by atoms with Gasteiger partial charge < -0.3 is 14.8 Å². The molecule has 0 atom stereocenters. The minimum Gasteiger partial charge on any atom is -0.497 e. The highest BCUT2D eigenvalue weighted by Crippen LogP contribution is 2.28. The van der Waals surface area contributed by atoms with E-state index in [9.17, 15) is 13.2 Å². The van der Waals surface area contributed by atoms with Crippen LogP contribution < -0.4 is 14.8 Å². The van der Waals surface area contributed by atoms with Crippen molar-refractivity contribution < 1.29 is 22.7 Å². The van der Waals surface area contributed by atoms with Crippen LogP contribution in [0.15, 0.2) is 71.6 Å². The number of methoxy groups -OCH3 is 1. The Hall–Kier alpha value is -3.07. The number of halogens is 1. The Morgan fingerprint density at radius 2 is 1.82 bits per heavy atom. The number of amides is 1. The summed E-state index contributed by atoms with van der Waals surface area (Å²) in [4.78, 5) is 12.5. The summed E-state index contributed by atoms with van der Waals surface area (Å²) in [6, 6.07) is 18.8. The number of para-hydroxylation sites is 1. The highest BCUT2D eigenvalue weighted by atomic mass is 35.5. The van der Waals surface area contributed by atoms with Gasteiger partial charge in [-0.15, -0.1) is 0 Å². The van der Waals surface area contributed by atoms with Crippen LogP contribution in [0.25, 0.3) is 0 Å². The molecular formula is C24H23ClN2O5S. The number of sulfonamides is 1. The standard InChI is InChI=1S/C24H23ClN2O5S/c1-31-20-8-10-21(11-9-20)33(29,30)27-13-12-17-6-7-19(14-18(17)15-27)26-24(28)16-32-23-5-3-2-4-22(23)25/h2-11,14H,12-13,15-16H2,1H3,(H,26,28). The van der Waals surface area contributed by atoms with E-state index in [1.54, 1.807) is 60.7 Å². The summed E-state index contributed by atoms with van der Waals surface area (Å²) >= 11 is 6.04. The van der Waals surface area contributed by atoms with Gasteiger partial charge in [0.2, 0.25) is 10.0 Å². The molecule has 172 valence electrons. The summed E-state index contributed by atoms with van der Waals surface area (Å²) in [6.07, 6.45) is 0.592. The number of nitrogens with zero attached hydrogens (tertiary/aromatic N) is 1. The number of rotatable bonds is 7. The van der Waals surface area contributed by atoms with Gasteiger partial charge in [-0.25, -0.2) is 8.42 Å². The third-order valence-corrected chi connectivity index (χ3v) is 7.53. The lowest BCUT2D eigenvalue weighted by molar-refractivity contribution is -0.118. The summed E-state index contributed by atoms with van der Waals surface area (Å²) < 4.78 is 38.2. The van der Waals surface area contributed by atoms with Gasteiger partial charge in [0.1, 0.15) is 11.5 Å². The molecule has 3 aromatic carbocycles. The van der Waals surface area contributed by atoms with Crippen LogP contribution in [0, 0.1) is 0 Å². The largest absolute Gasteiger partial charge is 0.497 e. The van der Waals surface area contributed by atoms with Crippen molar-refractivity contribution in [1.82, 2.24) is 4.31 Å². The van der Waals surface area contributed by atoms with E-state index < -0.39 is 10.0 Å². The van der Waals surface area contributed by atoms with Crippen molar-refractivity contribution in [3.05, 3.63) is 82.9 Å². The molecule has 0 unspecified atom stereocenters. The first-order chi connectivity index (χ1) is 15.9. The highest BCUT2D eigenvalue weighted by molar-refractivity contribution is 7.89. The fraction of sp³-hybridized carbons (Fsp3) is 0.208. The van der Waals surface area contributed by atoms with Crippen molar-refractivity contribution in [2.24, 2.45) is 0 Å². The van der Waals surface area contributed by atoms with E-state index in [0.29, 0.717) is 35.2 Å². The Labute approximate surface area is 197 Å². The van der Waals surface area contributed by atoms with Gasteiger partial charge in [-0.1, -0.05) is 29.8 Å². The number of carbonyl (C=O) groups excluding carboxylic acids is 1. The maximum atomic E-state index is 13.1. The van der Waals surface area contributed by atoms with Gasteiger partial charge >= 0.3 is 0 Å². The average molecular weight is 487 g/mol. The molecule has 7 nitrogen and oxygen atoms in total. The molecule has 0 bridgehead atoms. The second kappa shape index (κ2) is 9.82. The van der Waals surface area contributed by atoms with Crippen LogP contribution in [0.3, 0.4) is 0 Å². The van der Waals surface area contributed by atoms with Crippen LogP contribution in [0.2, 0.25) is 5.02 Å². The second-order valence-electron chi connectivity index (χ2n) is 7.51. The molecule has 1 N–H and O–H groups in total. The first kappa shape index (κ1) is 23.1. The Morgan fingerprint density at radius 1 is 1.06 bits per heavy atom. The SMILES string of the molecule is COc1ccc(S(=O)(=O)N2CCc3ccc(NC(=O)COc4ccccc4Cl)cc3C2)cc1. The van der Waals surface area contributed by atoms with Crippen molar-refractivity contribution in [2.45, 2.75) is 17.9 Å². The Morgan fingerprint density at radius 3 is 2.55 bits per heavy atom. The molecule has 4 rings (SSSR count). The monoisotopic (exact) mass is 486 g/mol. The first-order valence-electron chi connectivity index (χ1n) is 10.3. The molecule has 9 heteroatoms. The van der Waals surface area contributed by atoms with Gasteiger partial charge in [-0.05, 0) is 66.1 Å². The minimum absolute atomic E-state index is 0.196. The third kappa shape index (κ3) is 5.30. The summed E-state index contributed by atoms with van der Waals surface area (Å²) in [5.74, 6) is 0.685. The van der Waals surface area contributed by atoms with Crippen molar-refractivity contribution in [1.29, 1.82) is 0 Å². The van der Waals surface area contributed by atoms with Crippen molar-refractivity contribution in [3.63, 3.8) is 0 Å². The molecule has 0 aliphatic carbocycles. The Balaban J connectivity index is 1.43. The zero-order valence-corrected chi connectivity index (χ0v) is 19.5. The quantitative estimate of drug-likeness (QED) is 0.543. The normalized spacial score (nSPS) is 13.8. The molecule has 0 saturated carbocycles. The lowest BCUT2D eigenvalue weighted by Gasteiger charge is -2.28. The summed E-state index contributed by atoms with van der Waals surface area (Å²) in [6.45, 7) is 0.418. The van der Waals surface area contributed by atoms with Crippen LogP contribution in [-0.2, 0) is 27.8 Å². The van der Waals surface area contributed by atoms with E-state index in [1.165, 1.54) is 11.4 Å². The Bertz CT molecular complexity index is 1260. The first-order valence-corrected chi connectivity index (χ1v) is 12.1. The fourth-order valence-corrected chi connectivity index (χ4v) is 5.22. The lowest BCUT2D eigenvalue weighted by atomic mass is 10.0. The molecule has 33 heavy (non-hydrogen) atoms. The number of anilines is 1. The smallest absolute Gasteiger partial charge is 0.262 e. The topological polar surface area (TPSA) is 84.9 Å². The number of benzene rings is 3. The number of nitrogens with one attached hydrogen (secondary N) is 1. The van der Waals surface area contributed by atoms with E-state index in [-0.39, 0.29) is 24.0 Å². The Kier molecular flexibility index (Phi) is 6.88. The number of hydrogen-bond acceptors (Lipinski definition) is 5. The third-order valence-electron chi connectivity index (χ3n) is 5.36. The molecule has 1 heterocycles. The van der Waals surface area contributed by atoms with Crippen LogP contribution in [0.1, 0.15) is 11.1 Å². The van der Waals surface area contributed by atoms with Gasteiger partial charge in [0.15, 0.2) is 6.61 Å². The van der Waals surface area contributed by atoms with Crippen molar-refractivity contribution >= 4 is 33.2 Å². The molecule has 1 aliphatic heterocycles. The molecule has 1 amide bonds. The van der Waals surface area contributed by atoms with Crippen molar-refractivity contribution in [2.75, 3.05) is 25.6 Å². The van der Waals surface area contributed by atoms with E-state index in [4.69, 9.17) is 21.1 Å².